The van der Waals surface area contributed by atoms with Gasteiger partial charge in [-0.3, -0.25) is 9.59 Å². The van der Waals surface area contributed by atoms with Gasteiger partial charge in [0.2, 0.25) is 0 Å². The summed E-state index contributed by atoms with van der Waals surface area (Å²) in [5.41, 5.74) is 0. The zero-order valence-corrected chi connectivity index (χ0v) is 26.4. The van der Waals surface area contributed by atoms with E-state index in [-0.39, 0.29) is 43.6 Å². The van der Waals surface area contributed by atoms with Gasteiger partial charge in [0.15, 0.2) is 12.1 Å². The number of nitrogens with zero attached hydrogens (tertiary/aromatic N) is 1. The zero-order chi connectivity index (χ0) is 31.5. The minimum atomic E-state index is -0.904. The lowest BCUT2D eigenvalue weighted by molar-refractivity contribution is -0.887. The number of quaternary nitrogens is 1. The lowest BCUT2D eigenvalue weighted by atomic mass is 10.1. The Labute approximate surface area is 253 Å². The molecular weight excluding hydrogens is 534 g/mol. The molecular formula is C34H54NO7+. The van der Waals surface area contributed by atoms with E-state index < -0.39 is 30.1 Å². The van der Waals surface area contributed by atoms with Crippen LogP contribution in [0.4, 0.5) is 0 Å². The predicted molar refractivity (Wildman–Crippen MR) is 169 cm³/mol. The second-order valence-corrected chi connectivity index (χ2v) is 10.6. The molecule has 0 rings (SSSR count). The Kier molecular flexibility index (Phi) is 23.5. The highest BCUT2D eigenvalue weighted by atomic mass is 16.6. The largest absolute Gasteiger partial charge is 0.477 e. The summed E-state index contributed by atoms with van der Waals surface area (Å²) < 4.78 is 16.8. The smallest absolute Gasteiger partial charge is 0.362 e. The number of likely N-dealkylation sites (N-methyl/N-ethyl adjacent to an activating group) is 1. The van der Waals surface area contributed by atoms with Gasteiger partial charge in [-0.2, -0.15) is 0 Å². The fourth-order valence-corrected chi connectivity index (χ4v) is 3.62. The van der Waals surface area contributed by atoms with Crippen LogP contribution in [-0.2, 0) is 28.6 Å². The van der Waals surface area contributed by atoms with Crippen molar-refractivity contribution in [2.45, 2.75) is 83.8 Å². The first kappa shape index (κ1) is 38.8. The zero-order valence-electron chi connectivity index (χ0n) is 26.4. The van der Waals surface area contributed by atoms with Crippen LogP contribution in [0.3, 0.4) is 0 Å². The molecule has 42 heavy (non-hydrogen) atoms. The average molecular weight is 589 g/mol. The van der Waals surface area contributed by atoms with Gasteiger partial charge in [0, 0.05) is 6.42 Å². The first-order valence-corrected chi connectivity index (χ1v) is 15.0. The van der Waals surface area contributed by atoms with Crippen LogP contribution in [0.1, 0.15) is 71.6 Å². The van der Waals surface area contributed by atoms with E-state index in [0.29, 0.717) is 6.42 Å². The van der Waals surface area contributed by atoms with Gasteiger partial charge in [-0.1, -0.05) is 86.8 Å². The second-order valence-electron chi connectivity index (χ2n) is 10.6. The van der Waals surface area contributed by atoms with Gasteiger partial charge in [0.25, 0.3) is 0 Å². The highest BCUT2D eigenvalue weighted by Gasteiger charge is 2.31. The molecule has 0 aromatic carbocycles. The number of rotatable bonds is 24. The third-order valence-electron chi connectivity index (χ3n) is 5.92. The number of aliphatic carboxylic acids is 1. The van der Waals surface area contributed by atoms with Gasteiger partial charge in [-0.25, -0.2) is 4.79 Å². The van der Waals surface area contributed by atoms with Gasteiger partial charge in [0.05, 0.1) is 47.2 Å². The maximum atomic E-state index is 12.4. The summed E-state index contributed by atoms with van der Waals surface area (Å²) in [4.78, 5) is 36.2. The number of ether oxygens (including phenoxy) is 3. The average Bonchev–Trinajstić information content (AvgIpc) is 2.92. The Morgan fingerprint density at radius 2 is 1.12 bits per heavy atom. The Balaban J connectivity index is 4.80. The van der Waals surface area contributed by atoms with Crippen LogP contribution in [-0.4, -0.2) is 80.6 Å². The molecule has 0 aliphatic rings. The van der Waals surface area contributed by atoms with Crippen LogP contribution in [0.25, 0.3) is 0 Å². The Bertz CT molecular complexity index is 923. The Morgan fingerprint density at radius 3 is 1.57 bits per heavy atom. The van der Waals surface area contributed by atoms with E-state index in [0.717, 1.165) is 32.1 Å². The van der Waals surface area contributed by atoms with Gasteiger partial charge in [0.1, 0.15) is 6.61 Å². The molecule has 236 valence electrons. The standard InChI is InChI=1S/C34H53NO7/c1-6-8-10-12-14-16-18-20-22-24-32(36)41-29-30(28-40-27-26-31(34(38)39)35(3,4)5)42-33(37)25-23-21-19-17-15-13-11-9-7-2/h8-11,14-17,20-23,30-31H,6-7,12-13,18-19,24-29H2,1-5H3/p+1/b10-8+,11-9+,16-14+,17-15+,22-20+,23-21+. The number of esters is 2. The van der Waals surface area contributed by atoms with Crippen LogP contribution >= 0.6 is 0 Å². The van der Waals surface area contributed by atoms with E-state index in [9.17, 15) is 19.5 Å². The number of carboxylic acid groups (broad SMARTS) is 1. The van der Waals surface area contributed by atoms with E-state index >= 15 is 0 Å². The van der Waals surface area contributed by atoms with Crippen LogP contribution in [0, 0.1) is 0 Å². The molecule has 0 aromatic heterocycles. The molecule has 8 nitrogen and oxygen atoms in total. The number of allylic oxidation sites excluding steroid dienone is 10. The van der Waals surface area contributed by atoms with Gasteiger partial charge in [-0.05, 0) is 38.5 Å². The number of carboxylic acids is 1. The van der Waals surface area contributed by atoms with Crippen molar-refractivity contribution in [2.24, 2.45) is 0 Å². The molecule has 0 heterocycles. The summed E-state index contributed by atoms with van der Waals surface area (Å²) in [5.74, 6) is -1.79. The summed E-state index contributed by atoms with van der Waals surface area (Å²) in [7, 11) is 5.43. The fourth-order valence-electron chi connectivity index (χ4n) is 3.62. The molecule has 0 fully saturated rings. The summed E-state index contributed by atoms with van der Waals surface area (Å²) in [6.45, 7) is 4.21. The third kappa shape index (κ3) is 23.5. The number of hydrogen-bond acceptors (Lipinski definition) is 6. The van der Waals surface area contributed by atoms with Crippen molar-refractivity contribution in [2.75, 3.05) is 41.0 Å². The summed E-state index contributed by atoms with van der Waals surface area (Å²) in [6.07, 6.45) is 28.9. The van der Waals surface area contributed by atoms with E-state index in [1.807, 2.05) is 45.4 Å². The summed E-state index contributed by atoms with van der Waals surface area (Å²) in [5, 5.41) is 9.51. The predicted octanol–water partition coefficient (Wildman–Crippen LogP) is 6.51. The topological polar surface area (TPSA) is 99.1 Å². The van der Waals surface area contributed by atoms with Crippen LogP contribution in [0.5, 0.6) is 0 Å². The molecule has 2 unspecified atom stereocenters. The molecule has 0 radical (unpaired) electrons. The Hall–Kier alpha value is -3.23. The van der Waals surface area contributed by atoms with Crippen LogP contribution in [0.2, 0.25) is 0 Å². The van der Waals surface area contributed by atoms with Crippen LogP contribution < -0.4 is 0 Å². The van der Waals surface area contributed by atoms with Gasteiger partial charge < -0.3 is 23.8 Å². The maximum absolute atomic E-state index is 12.4. The molecule has 0 aromatic rings. The summed E-state index contributed by atoms with van der Waals surface area (Å²) >= 11 is 0. The van der Waals surface area contributed by atoms with Crippen molar-refractivity contribution in [3.05, 3.63) is 72.9 Å². The van der Waals surface area contributed by atoms with Gasteiger partial charge in [-0.15, -0.1) is 0 Å². The summed E-state index contributed by atoms with van der Waals surface area (Å²) in [6, 6.07) is -0.639. The first-order valence-electron chi connectivity index (χ1n) is 15.0. The molecule has 0 bridgehead atoms. The van der Waals surface area contributed by atoms with Crippen molar-refractivity contribution < 1.29 is 38.2 Å². The number of hydrogen-bond donors (Lipinski definition) is 1. The molecule has 0 aliphatic carbocycles. The second kappa shape index (κ2) is 25.5. The van der Waals surface area contributed by atoms with Crippen molar-refractivity contribution >= 4 is 17.9 Å². The minimum absolute atomic E-state index is 0.00660. The first-order chi connectivity index (χ1) is 20.1. The van der Waals surface area contributed by atoms with E-state index in [4.69, 9.17) is 14.2 Å². The lowest BCUT2D eigenvalue weighted by Gasteiger charge is -2.31. The molecule has 0 aliphatic heterocycles. The molecule has 2 atom stereocenters. The lowest BCUT2D eigenvalue weighted by Crippen LogP contribution is -2.50. The maximum Gasteiger partial charge on any atom is 0.362 e. The monoisotopic (exact) mass is 588 g/mol. The van der Waals surface area contributed by atoms with E-state index in [1.165, 1.54) is 0 Å². The quantitative estimate of drug-likeness (QED) is 0.0594. The highest BCUT2D eigenvalue weighted by Crippen LogP contribution is 2.09. The molecule has 0 saturated carbocycles. The number of carbonyl (C=O) groups is 3. The van der Waals surface area contributed by atoms with Crippen molar-refractivity contribution in [1.29, 1.82) is 0 Å². The highest BCUT2D eigenvalue weighted by molar-refractivity contribution is 5.72. The molecule has 0 amide bonds. The van der Waals surface area contributed by atoms with Gasteiger partial charge >= 0.3 is 17.9 Å². The molecule has 0 spiro atoms. The number of carbonyl (C=O) groups excluding carboxylic acids is 2. The van der Waals surface area contributed by atoms with Crippen molar-refractivity contribution in [3.8, 4) is 0 Å². The van der Waals surface area contributed by atoms with E-state index in [2.05, 4.69) is 50.3 Å². The van der Waals surface area contributed by atoms with Crippen LogP contribution in [0.15, 0.2) is 72.9 Å². The third-order valence-corrected chi connectivity index (χ3v) is 5.92. The minimum Gasteiger partial charge on any atom is -0.477 e. The molecule has 1 N–H and O–H groups in total. The molecule has 0 saturated heterocycles. The van der Waals surface area contributed by atoms with Crippen molar-refractivity contribution in [1.82, 2.24) is 0 Å². The SMILES string of the molecule is CC/C=C/C/C=C/C/C=C/CC(=O)OCC(COCCC(C(=O)O)[N+](C)(C)C)OC(=O)C/C=C/C/C=C/C/C=C/CC. The van der Waals surface area contributed by atoms with E-state index in [1.54, 1.807) is 12.2 Å². The normalized spacial score (nSPS) is 14.2. The molecule has 8 heteroatoms. The van der Waals surface area contributed by atoms with Crippen molar-refractivity contribution in [3.63, 3.8) is 0 Å². The Morgan fingerprint density at radius 1 is 0.667 bits per heavy atom. The fraction of sp³-hybridized carbons (Fsp3) is 0.559.